The fraction of sp³-hybridized carbons (Fsp3) is 0.750. The Morgan fingerprint density at radius 1 is 0.462 bits per heavy atom. The van der Waals surface area contributed by atoms with Crippen LogP contribution in [0, 0.1) is 0 Å². The van der Waals surface area contributed by atoms with E-state index in [-0.39, 0.29) is 42.0 Å². The lowest BCUT2D eigenvalue weighted by atomic mass is 9.94. The van der Waals surface area contributed by atoms with Crippen LogP contribution in [0.3, 0.4) is 0 Å². The average molecular weight is 1730 g/mol. The predicted molar refractivity (Wildman–Crippen MR) is 388 cm³/mol. The third kappa shape index (κ3) is 21.8. The number of hydrogen-bond acceptors (Lipinski definition) is 41. The lowest BCUT2D eigenvalue weighted by Crippen LogP contribution is -2.71. The second kappa shape index (κ2) is 42.3. The highest BCUT2D eigenvalue weighted by Crippen LogP contribution is 2.40. The van der Waals surface area contributed by atoms with Crippen LogP contribution in [0.2, 0.25) is 0 Å². The number of unbranched alkanes of at least 4 members (excludes halogenated alkanes) is 1. The quantitative estimate of drug-likeness (QED) is 0.0176. The molecule has 0 aliphatic carbocycles. The molecule has 0 bridgehead atoms. The van der Waals surface area contributed by atoms with Crippen molar-refractivity contribution in [2.24, 2.45) is 0 Å². The van der Waals surface area contributed by atoms with Gasteiger partial charge in [-0.1, -0.05) is 61.0 Å². The summed E-state index contributed by atoms with van der Waals surface area (Å²) in [6.07, 6.45) is -70.3. The Labute approximate surface area is 681 Å². The zero-order chi connectivity index (χ0) is 86.1. The van der Waals surface area contributed by atoms with Crippen LogP contribution >= 0.6 is 11.8 Å². The Balaban J connectivity index is 0.812. The van der Waals surface area contributed by atoms with Crippen LogP contribution < -0.4 is 31.9 Å². The number of hydrogen-bond donors (Lipinski definition) is 27. The molecule has 9 saturated heterocycles. The lowest BCUT2D eigenvalue weighted by Gasteiger charge is -2.51. The molecule has 9 heterocycles. The second-order valence-electron chi connectivity index (χ2n) is 30.2. The molecule has 0 saturated carbocycles. The normalized spacial score (nSPS) is 42.0. The number of thioether (sulfide) groups is 1. The first-order valence-corrected chi connectivity index (χ1v) is 39.7. The Morgan fingerprint density at radius 3 is 1.48 bits per heavy atom. The number of carbonyl (C=O) groups is 6. The highest BCUT2D eigenvalue weighted by Gasteiger charge is 2.60. The van der Waals surface area contributed by atoms with Crippen molar-refractivity contribution in [1.82, 2.24) is 31.9 Å². The number of aliphatic hydroxyl groups is 21. The molecule has 2 aromatic carbocycles. The van der Waals surface area contributed by atoms with Crippen LogP contribution in [0.25, 0.3) is 0 Å². The predicted octanol–water partition coefficient (Wildman–Crippen LogP) is -14.2. The van der Waals surface area contributed by atoms with Gasteiger partial charge in [0.25, 0.3) is 0 Å². The van der Waals surface area contributed by atoms with Gasteiger partial charge in [0, 0.05) is 41.9 Å². The van der Waals surface area contributed by atoms with Gasteiger partial charge in [0.1, 0.15) is 177 Å². The number of benzene rings is 2. The number of ether oxygens (including phenoxy) is 13. The van der Waals surface area contributed by atoms with Gasteiger partial charge < -0.3 is 201 Å². The van der Waals surface area contributed by atoms with E-state index in [0.29, 0.717) is 36.0 Å². The smallest absolute Gasteiger partial charge is 0.315 e. The van der Waals surface area contributed by atoms with Gasteiger partial charge in [0.05, 0.1) is 64.9 Å². The van der Waals surface area contributed by atoms with E-state index in [2.05, 4.69) is 31.9 Å². The van der Waals surface area contributed by atoms with Crippen LogP contribution in [-0.4, -0.2) is 439 Å². The maximum atomic E-state index is 14.2. The third-order valence-electron chi connectivity index (χ3n) is 22.1. The summed E-state index contributed by atoms with van der Waals surface area (Å²) in [5.74, 6) is -2.90. The van der Waals surface area contributed by atoms with Gasteiger partial charge in [-0.05, 0) is 18.4 Å². The largest absolute Gasteiger partial charge is 0.394 e. The van der Waals surface area contributed by atoms with Gasteiger partial charge in [0.15, 0.2) is 49.8 Å². The molecule has 2 aromatic rings. The van der Waals surface area contributed by atoms with Crippen molar-refractivity contribution < 1.29 is 198 Å². The summed E-state index contributed by atoms with van der Waals surface area (Å²) < 4.78 is 76.2. The fourth-order valence-corrected chi connectivity index (χ4v) is 17.0. The third-order valence-corrected chi connectivity index (χ3v) is 23.6. The summed E-state index contributed by atoms with van der Waals surface area (Å²) in [6, 6.07) is 11.2. The van der Waals surface area contributed by atoms with Crippen molar-refractivity contribution in [3.63, 3.8) is 0 Å². The first-order chi connectivity index (χ1) is 56.8. The van der Waals surface area contributed by atoms with E-state index in [0.717, 1.165) is 12.7 Å². The molecular weight excluding hydrogens is 1620 g/mol. The fourth-order valence-electron chi connectivity index (χ4n) is 15.4. The molecule has 6 amide bonds. The van der Waals surface area contributed by atoms with Gasteiger partial charge in [-0.25, -0.2) is 4.79 Å². The van der Waals surface area contributed by atoms with E-state index < -0.39 is 297 Å². The second-order valence-corrected chi connectivity index (χ2v) is 31.5. The highest BCUT2D eigenvalue weighted by molar-refractivity contribution is 8.00. The van der Waals surface area contributed by atoms with Crippen molar-refractivity contribution in [3.8, 4) is 0 Å². The molecule has 670 valence electrons. The number of ketones is 1. The molecule has 1 unspecified atom stereocenters. The SMILES string of the molecule is CC(=O)N[C@@H]1[C@@H](O)[C@H](O[C@@H]2O[C@H](COC3O[C@H](CO)[C@@H](O)[C@H](O)[C@@H]3O)[C@@H](O)[C@H](O[C@@H]3O[C@H](CO)[C@@H](O)[C@H](O)[C@@H]3O[C@@H]3O[C@H](CO)[C@@H](O)[C@H](O)[C@@H]3O[C@@H]3O[C@H](CO)[C@@H](O)[C@H](O[C@H]4O[C@H](CO)[C@@H](O)[C@H](O)[C@H]4O)[C@@H]3O)[C@@H]2O)[C@@H](CO)O[C@H]1NC(=O)CNC(=O)[C@H](Cc1ccc(C(=O)c2ccccc2)cc1)NC(=O)CCCC[C@@H]1SC[C@@H]2NC(=O)N[C@@H]21. The molecule has 9 aliphatic rings. The van der Waals surface area contributed by atoms with Crippen LogP contribution in [0.5, 0.6) is 0 Å². The van der Waals surface area contributed by atoms with Crippen molar-refractivity contribution in [2.45, 2.75) is 277 Å². The summed E-state index contributed by atoms with van der Waals surface area (Å²) in [6.45, 7) is -7.39. The maximum absolute atomic E-state index is 14.2. The van der Waals surface area contributed by atoms with Crippen LogP contribution in [0.1, 0.15) is 54.1 Å². The molecule has 11 rings (SSSR count). The minimum atomic E-state index is -2.50. The average Bonchev–Trinajstić information content (AvgIpc) is 1.38. The number of fused-ring (bicyclic) bond motifs is 1. The molecule has 9 fully saturated rings. The molecule has 0 aromatic heterocycles. The van der Waals surface area contributed by atoms with E-state index >= 15 is 0 Å². The topological polar surface area (TPSA) is 719 Å². The van der Waals surface area contributed by atoms with Gasteiger partial charge in [-0.2, -0.15) is 11.8 Å². The van der Waals surface area contributed by atoms with E-state index in [1.807, 2.05) is 0 Å². The monoisotopic (exact) mass is 1730 g/mol. The molecule has 39 atom stereocenters. The first kappa shape index (κ1) is 93.9. The number of carbonyl (C=O) groups excluding carboxylic acids is 6. The van der Waals surface area contributed by atoms with Crippen molar-refractivity contribution in [1.29, 1.82) is 0 Å². The zero-order valence-electron chi connectivity index (χ0n) is 63.7. The summed E-state index contributed by atoms with van der Waals surface area (Å²) in [5, 5.41) is 248. The van der Waals surface area contributed by atoms with Crippen LogP contribution in [0.15, 0.2) is 54.6 Å². The standard InChI is InChI=1S/C72H106N6O40S/c1-25(85)74-42-50(95)59(36(22-84)107-65(42)77-40(87)16-73-64(104)29(15-26-11-13-28(14-12-26)43(88)27-7-3-2-4-8-27)75-39(86)10-6-5-9-38-41-30(24-119-38)76-72(105)78-41)114-69-58(103)61(49(94)37(113-69)23-106-66-55(100)51(96)44(89)31(17-79)108-66)116-70-63(54(99)47(92)33(19-81)111-70)118-71-62(53(98)46(91)34(20-82)112-71)117-68-57(102)60(48(93)35(21-83)110-68)115-67-56(101)52(97)45(90)32(18-80)109-67/h2-4,7-8,11-14,29-38,41-42,44-63,65-71,79-84,89-103H,5-6,9-10,15-24H2,1H3,(H,73,104)(H,74,85)(H,75,86)(H,77,87)(H2,76,78,105)/t29-,30-,31+,32+,33+,34+,35+,36+,37+,38-,41-,42+,44+,45+,46+,47+,48+,49+,50+,51-,52-,53-,54-,55-,56+,57-,58-,59+,60-,61-,62-,63-,65+,66?,67+,68-,69-,70-,71-/m0/s1. The van der Waals surface area contributed by atoms with Crippen LogP contribution in [0.4, 0.5) is 4.79 Å². The Kier molecular flexibility index (Phi) is 33.4. The van der Waals surface area contributed by atoms with Crippen molar-refractivity contribution >= 4 is 47.2 Å². The van der Waals surface area contributed by atoms with Gasteiger partial charge in [-0.3, -0.25) is 24.0 Å². The summed E-state index contributed by atoms with van der Waals surface area (Å²) in [7, 11) is 0. The zero-order valence-corrected chi connectivity index (χ0v) is 64.5. The number of urea groups is 1. The first-order valence-electron chi connectivity index (χ1n) is 38.7. The minimum absolute atomic E-state index is 0.0106. The molecular formula is C72H106N6O40S. The molecule has 46 nitrogen and oxygen atoms in total. The van der Waals surface area contributed by atoms with Crippen molar-refractivity contribution in [2.75, 3.05) is 58.5 Å². The van der Waals surface area contributed by atoms with E-state index in [4.69, 9.17) is 61.6 Å². The molecule has 9 aliphatic heterocycles. The Morgan fingerprint density at radius 2 is 0.924 bits per heavy atom. The van der Waals surface area contributed by atoms with Gasteiger partial charge >= 0.3 is 6.03 Å². The minimum Gasteiger partial charge on any atom is -0.394 e. The lowest BCUT2D eigenvalue weighted by molar-refractivity contribution is -0.410. The molecule has 47 heteroatoms. The molecule has 119 heavy (non-hydrogen) atoms. The summed E-state index contributed by atoms with van der Waals surface area (Å²) in [4.78, 5) is 80.2. The van der Waals surface area contributed by atoms with Gasteiger partial charge in [-0.15, -0.1) is 0 Å². The molecule has 0 spiro atoms. The number of nitrogens with one attached hydrogen (secondary N) is 6. The number of aliphatic hydroxyl groups excluding tert-OH is 21. The summed E-state index contributed by atoms with van der Waals surface area (Å²) >= 11 is 1.70. The van der Waals surface area contributed by atoms with Gasteiger partial charge in [0.2, 0.25) is 23.6 Å². The molecule has 0 radical (unpaired) electrons. The summed E-state index contributed by atoms with van der Waals surface area (Å²) in [5.41, 5.74) is 1.23. The molecule has 27 N–H and O–H groups in total. The van der Waals surface area contributed by atoms with Crippen molar-refractivity contribution in [3.05, 3.63) is 71.3 Å². The van der Waals surface area contributed by atoms with E-state index in [1.54, 1.807) is 66.4 Å². The highest BCUT2D eigenvalue weighted by atomic mass is 32.2. The number of amides is 6. The Hall–Kier alpha value is -5.75. The Bertz CT molecular complexity index is 3620. The van der Waals surface area contributed by atoms with E-state index in [1.165, 1.54) is 0 Å². The van der Waals surface area contributed by atoms with Crippen LogP contribution in [-0.2, 0) is 87.2 Å². The van der Waals surface area contributed by atoms with E-state index in [9.17, 15) is 136 Å². The number of rotatable bonds is 34. The maximum Gasteiger partial charge on any atom is 0.315 e.